The fourth-order valence-corrected chi connectivity index (χ4v) is 1.90. The van der Waals surface area contributed by atoms with Crippen LogP contribution in [0, 0.1) is 12.7 Å². The summed E-state index contributed by atoms with van der Waals surface area (Å²) in [6.07, 6.45) is 0. The minimum absolute atomic E-state index is 0.0772. The number of carbonyl (C=O) groups is 1. The van der Waals surface area contributed by atoms with Gasteiger partial charge in [0.05, 0.1) is 11.6 Å². The molecule has 0 saturated heterocycles. The summed E-state index contributed by atoms with van der Waals surface area (Å²) in [4.78, 5) is 12.0. The zero-order valence-corrected chi connectivity index (χ0v) is 11.0. The van der Waals surface area contributed by atoms with E-state index in [0.29, 0.717) is 0 Å². The van der Waals surface area contributed by atoms with Crippen molar-refractivity contribution in [2.24, 2.45) is 0 Å². The van der Waals surface area contributed by atoms with Crippen LogP contribution in [0.3, 0.4) is 0 Å². The Kier molecular flexibility index (Phi) is 3.95. The van der Waals surface area contributed by atoms with E-state index in [2.05, 4.69) is 5.32 Å². The van der Waals surface area contributed by atoms with E-state index in [1.165, 1.54) is 12.1 Å². The molecule has 2 rings (SSSR count). The van der Waals surface area contributed by atoms with Crippen LogP contribution >= 0.6 is 0 Å². The van der Waals surface area contributed by atoms with E-state index in [4.69, 9.17) is 0 Å². The topological polar surface area (TPSA) is 29.1 Å². The molecule has 2 aromatic rings. The fourth-order valence-electron chi connectivity index (χ4n) is 1.90. The first-order valence-electron chi connectivity index (χ1n) is 6.20. The van der Waals surface area contributed by atoms with Crippen LogP contribution in [0.5, 0.6) is 0 Å². The SMILES string of the molecule is Cc1ccc(C(=O)N[C@H](C)c2ccccc2)c(F)c1. The van der Waals surface area contributed by atoms with Gasteiger partial charge in [0.1, 0.15) is 5.82 Å². The lowest BCUT2D eigenvalue weighted by Gasteiger charge is -2.14. The first kappa shape index (κ1) is 13.3. The van der Waals surface area contributed by atoms with Crippen LogP contribution in [-0.2, 0) is 0 Å². The van der Waals surface area contributed by atoms with Crippen molar-refractivity contribution in [3.8, 4) is 0 Å². The molecule has 0 saturated carbocycles. The van der Waals surface area contributed by atoms with Gasteiger partial charge in [0.2, 0.25) is 0 Å². The Balaban J connectivity index is 2.13. The smallest absolute Gasteiger partial charge is 0.254 e. The van der Waals surface area contributed by atoms with Gasteiger partial charge >= 0.3 is 0 Å². The molecule has 1 atom stereocenters. The molecule has 98 valence electrons. The van der Waals surface area contributed by atoms with Gasteiger partial charge < -0.3 is 5.32 Å². The predicted molar refractivity (Wildman–Crippen MR) is 73.5 cm³/mol. The highest BCUT2D eigenvalue weighted by Crippen LogP contribution is 2.14. The third-order valence-corrected chi connectivity index (χ3v) is 3.02. The Bertz CT molecular complexity index is 581. The van der Waals surface area contributed by atoms with Gasteiger partial charge in [-0.15, -0.1) is 0 Å². The van der Waals surface area contributed by atoms with Crippen molar-refractivity contribution in [1.29, 1.82) is 0 Å². The number of nitrogens with one attached hydrogen (secondary N) is 1. The Morgan fingerprint density at radius 2 is 1.84 bits per heavy atom. The van der Waals surface area contributed by atoms with Crippen molar-refractivity contribution in [3.63, 3.8) is 0 Å². The van der Waals surface area contributed by atoms with Gasteiger partial charge in [0.15, 0.2) is 0 Å². The van der Waals surface area contributed by atoms with Crippen molar-refractivity contribution < 1.29 is 9.18 Å². The number of aryl methyl sites for hydroxylation is 1. The van der Waals surface area contributed by atoms with Crippen LogP contribution in [0.4, 0.5) is 4.39 Å². The van der Waals surface area contributed by atoms with Crippen molar-refractivity contribution in [3.05, 3.63) is 71.0 Å². The fraction of sp³-hybridized carbons (Fsp3) is 0.188. The number of benzene rings is 2. The highest BCUT2D eigenvalue weighted by atomic mass is 19.1. The molecule has 0 radical (unpaired) electrons. The lowest BCUT2D eigenvalue weighted by molar-refractivity contribution is 0.0936. The summed E-state index contributed by atoms with van der Waals surface area (Å²) in [5.41, 5.74) is 1.86. The molecule has 0 fully saturated rings. The van der Waals surface area contributed by atoms with Gasteiger partial charge in [0.25, 0.3) is 5.91 Å². The van der Waals surface area contributed by atoms with Gasteiger partial charge in [0, 0.05) is 0 Å². The second-order valence-electron chi connectivity index (χ2n) is 4.59. The highest BCUT2D eigenvalue weighted by Gasteiger charge is 2.14. The summed E-state index contributed by atoms with van der Waals surface area (Å²) in [6.45, 7) is 3.66. The van der Waals surface area contributed by atoms with E-state index in [1.54, 1.807) is 13.0 Å². The Hall–Kier alpha value is -2.16. The molecule has 0 aliphatic heterocycles. The number of rotatable bonds is 3. The summed E-state index contributed by atoms with van der Waals surface area (Å²) < 4.78 is 13.7. The van der Waals surface area contributed by atoms with E-state index in [1.807, 2.05) is 37.3 Å². The predicted octanol–water partition coefficient (Wildman–Crippen LogP) is 3.63. The number of carbonyl (C=O) groups excluding carboxylic acids is 1. The molecule has 19 heavy (non-hydrogen) atoms. The van der Waals surface area contributed by atoms with Crippen LogP contribution in [0.2, 0.25) is 0 Å². The molecule has 2 nitrogen and oxygen atoms in total. The molecule has 1 N–H and O–H groups in total. The van der Waals surface area contributed by atoms with Crippen LogP contribution in [-0.4, -0.2) is 5.91 Å². The van der Waals surface area contributed by atoms with Crippen LogP contribution < -0.4 is 5.32 Å². The van der Waals surface area contributed by atoms with Gasteiger partial charge in [-0.2, -0.15) is 0 Å². The third kappa shape index (κ3) is 3.19. The van der Waals surface area contributed by atoms with E-state index in [-0.39, 0.29) is 11.6 Å². The van der Waals surface area contributed by atoms with Crippen molar-refractivity contribution in [2.75, 3.05) is 0 Å². The summed E-state index contributed by atoms with van der Waals surface area (Å²) in [5, 5.41) is 2.79. The minimum atomic E-state index is -0.488. The average molecular weight is 257 g/mol. The van der Waals surface area contributed by atoms with Crippen molar-refractivity contribution in [1.82, 2.24) is 5.32 Å². The van der Waals surface area contributed by atoms with Crippen molar-refractivity contribution in [2.45, 2.75) is 19.9 Å². The minimum Gasteiger partial charge on any atom is -0.345 e. The number of hydrogen-bond donors (Lipinski definition) is 1. The lowest BCUT2D eigenvalue weighted by atomic mass is 10.1. The molecule has 0 spiro atoms. The number of halogens is 1. The molecule has 0 aliphatic rings. The molecule has 1 amide bonds. The second kappa shape index (κ2) is 5.65. The van der Waals surface area contributed by atoms with Crippen LogP contribution in [0.25, 0.3) is 0 Å². The first-order chi connectivity index (χ1) is 9.08. The molecule has 0 unspecified atom stereocenters. The molecule has 0 heterocycles. The molecular formula is C16H16FNO. The first-order valence-corrected chi connectivity index (χ1v) is 6.20. The standard InChI is InChI=1S/C16H16FNO/c1-11-8-9-14(15(17)10-11)16(19)18-12(2)13-6-4-3-5-7-13/h3-10,12H,1-2H3,(H,18,19)/t12-/m1/s1. The molecule has 0 bridgehead atoms. The Labute approximate surface area is 112 Å². The van der Waals surface area contributed by atoms with Gasteiger partial charge in [-0.05, 0) is 37.1 Å². The summed E-state index contributed by atoms with van der Waals surface area (Å²) >= 11 is 0. The zero-order chi connectivity index (χ0) is 13.8. The molecule has 0 aromatic heterocycles. The quantitative estimate of drug-likeness (QED) is 0.893. The Morgan fingerprint density at radius 1 is 1.16 bits per heavy atom. The molecule has 2 aromatic carbocycles. The third-order valence-electron chi connectivity index (χ3n) is 3.02. The average Bonchev–Trinajstić information content (AvgIpc) is 2.39. The van der Waals surface area contributed by atoms with Gasteiger partial charge in [-0.1, -0.05) is 36.4 Å². The van der Waals surface area contributed by atoms with E-state index < -0.39 is 11.7 Å². The molecule has 0 aliphatic carbocycles. The van der Waals surface area contributed by atoms with Crippen molar-refractivity contribution >= 4 is 5.91 Å². The number of hydrogen-bond acceptors (Lipinski definition) is 1. The zero-order valence-electron chi connectivity index (χ0n) is 11.0. The summed E-state index contributed by atoms with van der Waals surface area (Å²) in [7, 11) is 0. The highest BCUT2D eigenvalue weighted by molar-refractivity contribution is 5.94. The monoisotopic (exact) mass is 257 g/mol. The van der Waals surface area contributed by atoms with E-state index in [0.717, 1.165) is 11.1 Å². The molecule has 3 heteroatoms. The van der Waals surface area contributed by atoms with Gasteiger partial charge in [-0.3, -0.25) is 4.79 Å². The van der Waals surface area contributed by atoms with Gasteiger partial charge in [-0.25, -0.2) is 4.39 Å². The molecular weight excluding hydrogens is 241 g/mol. The van der Waals surface area contributed by atoms with E-state index >= 15 is 0 Å². The Morgan fingerprint density at radius 3 is 2.47 bits per heavy atom. The van der Waals surface area contributed by atoms with E-state index in [9.17, 15) is 9.18 Å². The van der Waals surface area contributed by atoms with Crippen LogP contribution in [0.1, 0.15) is 34.5 Å². The maximum atomic E-state index is 13.7. The maximum absolute atomic E-state index is 13.7. The normalized spacial score (nSPS) is 11.9. The largest absolute Gasteiger partial charge is 0.345 e. The number of amides is 1. The maximum Gasteiger partial charge on any atom is 0.254 e. The summed E-state index contributed by atoms with van der Waals surface area (Å²) in [5.74, 6) is -0.883. The second-order valence-corrected chi connectivity index (χ2v) is 4.59. The van der Waals surface area contributed by atoms with Crippen LogP contribution in [0.15, 0.2) is 48.5 Å². The summed E-state index contributed by atoms with van der Waals surface area (Å²) in [6, 6.07) is 14.0. The lowest BCUT2D eigenvalue weighted by Crippen LogP contribution is -2.27.